The van der Waals surface area contributed by atoms with Crippen LogP contribution in [0.4, 0.5) is 5.69 Å². The van der Waals surface area contributed by atoms with Crippen molar-refractivity contribution in [1.29, 1.82) is 0 Å². The number of nitrogens with zero attached hydrogens (tertiary/aromatic N) is 4. The first-order valence-electron chi connectivity index (χ1n) is 8.14. The zero-order chi connectivity index (χ0) is 17.8. The molecule has 26 heavy (non-hydrogen) atoms. The number of fused-ring (bicyclic) bond motifs is 1. The van der Waals surface area contributed by atoms with Gasteiger partial charge in [0.05, 0.1) is 29.0 Å². The molecule has 0 spiro atoms. The van der Waals surface area contributed by atoms with Gasteiger partial charge in [0.15, 0.2) is 0 Å². The van der Waals surface area contributed by atoms with Crippen LogP contribution in [0, 0.1) is 0 Å². The largest absolute Gasteiger partial charge is 0.324 e. The van der Waals surface area contributed by atoms with Gasteiger partial charge in [-0.25, -0.2) is 4.98 Å². The SMILES string of the molecule is O=C(Cc1cnccn1)Nc1cccc2ccc(-c3ccncc3)nc12. The number of rotatable bonds is 4. The number of carbonyl (C=O) groups excluding carboxylic acids is 1. The van der Waals surface area contributed by atoms with Crippen LogP contribution in [0.2, 0.25) is 0 Å². The van der Waals surface area contributed by atoms with E-state index in [1.165, 1.54) is 0 Å². The van der Waals surface area contributed by atoms with Crippen molar-refractivity contribution in [2.24, 2.45) is 0 Å². The molecule has 0 aliphatic rings. The Kier molecular flexibility index (Phi) is 4.30. The van der Waals surface area contributed by atoms with E-state index in [4.69, 9.17) is 4.98 Å². The van der Waals surface area contributed by atoms with Gasteiger partial charge in [0.25, 0.3) is 0 Å². The summed E-state index contributed by atoms with van der Waals surface area (Å²) in [6.07, 6.45) is 8.36. The van der Waals surface area contributed by atoms with Crippen molar-refractivity contribution in [2.45, 2.75) is 6.42 Å². The molecule has 0 atom stereocenters. The van der Waals surface area contributed by atoms with Crippen LogP contribution in [0.1, 0.15) is 5.69 Å². The monoisotopic (exact) mass is 341 g/mol. The molecule has 0 bridgehead atoms. The van der Waals surface area contributed by atoms with Gasteiger partial charge in [0.1, 0.15) is 0 Å². The molecule has 4 aromatic rings. The van der Waals surface area contributed by atoms with Crippen molar-refractivity contribution in [3.63, 3.8) is 0 Å². The molecule has 0 saturated carbocycles. The number of benzene rings is 1. The zero-order valence-corrected chi connectivity index (χ0v) is 13.8. The molecule has 0 aliphatic carbocycles. The van der Waals surface area contributed by atoms with E-state index in [-0.39, 0.29) is 12.3 Å². The summed E-state index contributed by atoms with van der Waals surface area (Å²) < 4.78 is 0. The summed E-state index contributed by atoms with van der Waals surface area (Å²) >= 11 is 0. The second kappa shape index (κ2) is 7.06. The zero-order valence-electron chi connectivity index (χ0n) is 13.8. The van der Waals surface area contributed by atoms with Gasteiger partial charge < -0.3 is 5.32 Å². The molecule has 4 rings (SSSR count). The molecule has 0 unspecified atom stereocenters. The molecule has 1 N–H and O–H groups in total. The first kappa shape index (κ1) is 15.8. The third kappa shape index (κ3) is 3.39. The predicted molar refractivity (Wildman–Crippen MR) is 99.3 cm³/mol. The topological polar surface area (TPSA) is 80.7 Å². The minimum Gasteiger partial charge on any atom is -0.324 e. The molecule has 0 fully saturated rings. The molecule has 126 valence electrons. The van der Waals surface area contributed by atoms with Crippen LogP contribution in [0.3, 0.4) is 0 Å². The minimum absolute atomic E-state index is 0.158. The highest BCUT2D eigenvalue weighted by Crippen LogP contribution is 2.25. The van der Waals surface area contributed by atoms with Crippen molar-refractivity contribution in [3.05, 3.63) is 79.1 Å². The Morgan fingerprint density at radius 1 is 0.923 bits per heavy atom. The predicted octanol–water partition coefficient (Wildman–Crippen LogP) is 3.27. The van der Waals surface area contributed by atoms with E-state index in [1.54, 1.807) is 31.0 Å². The molecular formula is C20H15N5O. The standard InChI is InChI=1S/C20H15N5O/c26-19(12-16-13-22-10-11-23-16)24-18-3-1-2-15-4-5-17(25-20(15)18)14-6-8-21-9-7-14/h1-11,13H,12H2,(H,24,26). The normalized spacial score (nSPS) is 10.6. The van der Waals surface area contributed by atoms with Gasteiger partial charge >= 0.3 is 0 Å². The van der Waals surface area contributed by atoms with Crippen LogP contribution in [-0.4, -0.2) is 25.8 Å². The van der Waals surface area contributed by atoms with E-state index >= 15 is 0 Å². The lowest BCUT2D eigenvalue weighted by atomic mass is 10.1. The Morgan fingerprint density at radius 3 is 2.62 bits per heavy atom. The summed E-state index contributed by atoms with van der Waals surface area (Å²) in [5.74, 6) is -0.158. The van der Waals surface area contributed by atoms with Gasteiger partial charge in [-0.1, -0.05) is 18.2 Å². The van der Waals surface area contributed by atoms with Crippen LogP contribution in [0.5, 0.6) is 0 Å². The maximum Gasteiger partial charge on any atom is 0.230 e. The summed E-state index contributed by atoms with van der Waals surface area (Å²) in [4.78, 5) is 29.2. The first-order valence-corrected chi connectivity index (χ1v) is 8.14. The molecule has 0 aliphatic heterocycles. The lowest BCUT2D eigenvalue weighted by Crippen LogP contribution is -2.15. The second-order valence-electron chi connectivity index (χ2n) is 5.73. The van der Waals surface area contributed by atoms with Crippen LogP contribution < -0.4 is 5.32 Å². The number of aromatic nitrogens is 4. The highest BCUT2D eigenvalue weighted by molar-refractivity contribution is 6.01. The van der Waals surface area contributed by atoms with Crippen LogP contribution in [0.25, 0.3) is 22.2 Å². The van der Waals surface area contributed by atoms with Gasteiger partial charge in [-0.2, -0.15) is 0 Å². The second-order valence-corrected chi connectivity index (χ2v) is 5.73. The molecule has 6 heteroatoms. The third-order valence-electron chi connectivity index (χ3n) is 3.93. The quantitative estimate of drug-likeness (QED) is 0.616. The van der Waals surface area contributed by atoms with Crippen molar-refractivity contribution in [3.8, 4) is 11.3 Å². The van der Waals surface area contributed by atoms with Gasteiger partial charge in [0.2, 0.25) is 5.91 Å². The van der Waals surface area contributed by atoms with Gasteiger partial charge in [-0.3, -0.25) is 19.7 Å². The summed E-state index contributed by atoms with van der Waals surface area (Å²) in [6.45, 7) is 0. The number of pyridine rings is 2. The fraction of sp³-hybridized carbons (Fsp3) is 0.0500. The number of nitrogens with one attached hydrogen (secondary N) is 1. The number of carbonyl (C=O) groups is 1. The average Bonchev–Trinajstić information content (AvgIpc) is 2.69. The van der Waals surface area contributed by atoms with Gasteiger partial charge in [-0.05, 0) is 24.3 Å². The van der Waals surface area contributed by atoms with Crippen molar-refractivity contribution < 1.29 is 4.79 Å². The lowest BCUT2D eigenvalue weighted by Gasteiger charge is -2.09. The summed E-state index contributed by atoms with van der Waals surface area (Å²) in [6, 6.07) is 13.5. The smallest absolute Gasteiger partial charge is 0.230 e. The van der Waals surface area contributed by atoms with E-state index in [2.05, 4.69) is 20.3 Å². The van der Waals surface area contributed by atoms with E-state index in [1.807, 2.05) is 42.5 Å². The maximum atomic E-state index is 12.4. The van der Waals surface area contributed by atoms with E-state index in [0.29, 0.717) is 11.4 Å². The number of para-hydroxylation sites is 1. The Hall–Kier alpha value is -3.67. The Balaban J connectivity index is 1.65. The molecular weight excluding hydrogens is 326 g/mol. The average molecular weight is 341 g/mol. The number of amides is 1. The summed E-state index contributed by atoms with van der Waals surface area (Å²) in [7, 11) is 0. The van der Waals surface area contributed by atoms with Crippen molar-refractivity contribution in [1.82, 2.24) is 19.9 Å². The molecule has 0 radical (unpaired) electrons. The Bertz CT molecular complexity index is 1050. The molecule has 3 heterocycles. The van der Waals surface area contributed by atoms with E-state index in [9.17, 15) is 4.79 Å². The highest BCUT2D eigenvalue weighted by atomic mass is 16.1. The van der Waals surface area contributed by atoms with Gasteiger partial charge in [0, 0.05) is 41.9 Å². The lowest BCUT2D eigenvalue weighted by molar-refractivity contribution is -0.115. The highest BCUT2D eigenvalue weighted by Gasteiger charge is 2.10. The minimum atomic E-state index is -0.158. The fourth-order valence-corrected chi connectivity index (χ4v) is 2.71. The van der Waals surface area contributed by atoms with E-state index in [0.717, 1.165) is 22.2 Å². The van der Waals surface area contributed by atoms with E-state index < -0.39 is 0 Å². The van der Waals surface area contributed by atoms with Crippen molar-refractivity contribution in [2.75, 3.05) is 5.32 Å². The molecule has 1 amide bonds. The van der Waals surface area contributed by atoms with Crippen LogP contribution in [0.15, 0.2) is 73.4 Å². The van der Waals surface area contributed by atoms with Crippen LogP contribution in [-0.2, 0) is 11.2 Å². The first-order chi connectivity index (χ1) is 12.8. The summed E-state index contributed by atoms with van der Waals surface area (Å²) in [5.41, 5.74) is 3.84. The third-order valence-corrected chi connectivity index (χ3v) is 3.93. The Morgan fingerprint density at radius 2 is 1.81 bits per heavy atom. The van der Waals surface area contributed by atoms with Crippen LogP contribution >= 0.6 is 0 Å². The maximum absolute atomic E-state index is 12.4. The summed E-state index contributed by atoms with van der Waals surface area (Å²) in [5, 5.41) is 3.89. The fourth-order valence-electron chi connectivity index (χ4n) is 2.71. The molecule has 3 aromatic heterocycles. The number of anilines is 1. The van der Waals surface area contributed by atoms with Crippen molar-refractivity contribution >= 4 is 22.5 Å². The number of hydrogen-bond donors (Lipinski definition) is 1. The number of hydrogen-bond acceptors (Lipinski definition) is 5. The molecule has 1 aromatic carbocycles. The van der Waals surface area contributed by atoms with Gasteiger partial charge in [-0.15, -0.1) is 0 Å². The molecule has 0 saturated heterocycles. The Labute approximate surface area is 150 Å². The molecule has 6 nitrogen and oxygen atoms in total.